The van der Waals surface area contributed by atoms with Gasteiger partial charge >= 0.3 is 0 Å². The average Bonchev–Trinajstić information content (AvgIpc) is 2.82. The van der Waals surface area contributed by atoms with Crippen LogP contribution in [0.3, 0.4) is 0 Å². The normalized spacial score (nSPS) is 10.6. The van der Waals surface area contributed by atoms with Crippen molar-refractivity contribution in [3.63, 3.8) is 0 Å². The lowest BCUT2D eigenvalue weighted by Gasteiger charge is -2.00. The molecule has 0 bridgehead atoms. The Balaban J connectivity index is 1.98. The van der Waals surface area contributed by atoms with Crippen LogP contribution in [0.5, 0.6) is 0 Å². The van der Waals surface area contributed by atoms with E-state index < -0.39 is 0 Å². The Hall–Kier alpha value is -2.36. The van der Waals surface area contributed by atoms with Gasteiger partial charge in [0.25, 0.3) is 5.91 Å². The first kappa shape index (κ1) is 11.1. The van der Waals surface area contributed by atoms with Crippen molar-refractivity contribution < 1.29 is 4.79 Å². The van der Waals surface area contributed by atoms with E-state index in [-0.39, 0.29) is 5.91 Å². The smallest absolute Gasteiger partial charge is 0.271 e. The number of H-pyrrole nitrogens is 1. The van der Waals surface area contributed by atoms with Crippen LogP contribution in [-0.2, 0) is 0 Å². The van der Waals surface area contributed by atoms with Gasteiger partial charge in [0.2, 0.25) is 0 Å². The summed E-state index contributed by atoms with van der Waals surface area (Å²) in [6, 6.07) is 11.1. The number of hydrogen-bond acceptors (Lipinski definition) is 2. The van der Waals surface area contributed by atoms with Crippen LogP contribution in [0.4, 0.5) is 0 Å². The number of amides is 1. The molecule has 0 aliphatic rings. The maximum Gasteiger partial charge on any atom is 0.271 e. The van der Waals surface area contributed by atoms with Crippen LogP contribution >= 0.6 is 0 Å². The minimum absolute atomic E-state index is 0.212. The third kappa shape index (κ3) is 3.04. The molecule has 0 aliphatic carbocycles. The van der Waals surface area contributed by atoms with Gasteiger partial charge in [-0.1, -0.05) is 17.7 Å². The molecular weight excluding hydrogens is 214 g/mol. The molecule has 1 amide bonds. The van der Waals surface area contributed by atoms with Gasteiger partial charge in [-0.2, -0.15) is 5.10 Å². The Morgan fingerprint density at radius 1 is 1.35 bits per heavy atom. The molecule has 1 heterocycles. The molecule has 0 fully saturated rings. The van der Waals surface area contributed by atoms with Crippen molar-refractivity contribution in [3.05, 3.63) is 59.4 Å². The van der Waals surface area contributed by atoms with Crippen molar-refractivity contribution >= 4 is 12.1 Å². The summed E-state index contributed by atoms with van der Waals surface area (Å²) in [5, 5.41) is 3.86. The molecule has 0 spiro atoms. The third-order valence-corrected chi connectivity index (χ3v) is 2.27. The molecule has 4 heteroatoms. The summed E-state index contributed by atoms with van der Waals surface area (Å²) < 4.78 is 0. The molecule has 86 valence electrons. The van der Waals surface area contributed by atoms with Gasteiger partial charge in [-0.05, 0) is 31.2 Å². The average molecular weight is 227 g/mol. The molecule has 2 N–H and O–H groups in total. The Labute approximate surface area is 99.4 Å². The van der Waals surface area contributed by atoms with Crippen LogP contribution < -0.4 is 5.43 Å². The van der Waals surface area contributed by atoms with Crippen molar-refractivity contribution in [2.24, 2.45) is 5.10 Å². The van der Waals surface area contributed by atoms with E-state index in [1.807, 2.05) is 37.3 Å². The SMILES string of the molecule is Cc1cccc(C(=O)N/N=C/c2ccc[nH]2)c1. The molecule has 0 saturated heterocycles. The summed E-state index contributed by atoms with van der Waals surface area (Å²) in [7, 11) is 0. The maximum atomic E-state index is 11.7. The Morgan fingerprint density at radius 2 is 2.24 bits per heavy atom. The van der Waals surface area contributed by atoms with E-state index in [4.69, 9.17) is 0 Å². The number of carbonyl (C=O) groups excluding carboxylic acids is 1. The second-order valence-corrected chi connectivity index (χ2v) is 3.69. The number of aromatic amines is 1. The number of carbonyl (C=O) groups is 1. The Kier molecular flexibility index (Phi) is 3.35. The molecule has 1 aromatic heterocycles. The van der Waals surface area contributed by atoms with Gasteiger partial charge in [0.15, 0.2) is 0 Å². The second-order valence-electron chi connectivity index (χ2n) is 3.69. The zero-order valence-electron chi connectivity index (χ0n) is 9.47. The van der Waals surface area contributed by atoms with Gasteiger partial charge in [0, 0.05) is 11.8 Å². The number of nitrogens with one attached hydrogen (secondary N) is 2. The first-order valence-corrected chi connectivity index (χ1v) is 5.29. The van der Waals surface area contributed by atoms with Crippen LogP contribution in [0.1, 0.15) is 21.6 Å². The number of benzene rings is 1. The fraction of sp³-hybridized carbons (Fsp3) is 0.0769. The highest BCUT2D eigenvalue weighted by Crippen LogP contribution is 2.03. The first-order chi connectivity index (χ1) is 8.25. The van der Waals surface area contributed by atoms with Gasteiger partial charge in [-0.25, -0.2) is 5.43 Å². The van der Waals surface area contributed by atoms with Crippen molar-refractivity contribution in [1.29, 1.82) is 0 Å². The predicted octanol–water partition coefficient (Wildman–Crippen LogP) is 2.09. The molecule has 0 radical (unpaired) electrons. The molecular formula is C13H13N3O. The highest BCUT2D eigenvalue weighted by molar-refractivity contribution is 5.94. The van der Waals surface area contributed by atoms with E-state index in [1.54, 1.807) is 18.5 Å². The summed E-state index contributed by atoms with van der Waals surface area (Å²) >= 11 is 0. The van der Waals surface area contributed by atoms with Gasteiger partial charge in [0.1, 0.15) is 0 Å². The summed E-state index contributed by atoms with van der Waals surface area (Å²) in [4.78, 5) is 14.6. The van der Waals surface area contributed by atoms with Crippen molar-refractivity contribution in [1.82, 2.24) is 10.4 Å². The molecule has 4 nitrogen and oxygen atoms in total. The van der Waals surface area contributed by atoms with Crippen LogP contribution in [-0.4, -0.2) is 17.1 Å². The quantitative estimate of drug-likeness (QED) is 0.612. The topological polar surface area (TPSA) is 57.2 Å². The lowest BCUT2D eigenvalue weighted by molar-refractivity contribution is 0.0955. The van der Waals surface area contributed by atoms with E-state index in [9.17, 15) is 4.79 Å². The van der Waals surface area contributed by atoms with E-state index in [2.05, 4.69) is 15.5 Å². The number of hydrazone groups is 1. The number of hydrogen-bond donors (Lipinski definition) is 2. The minimum Gasteiger partial charge on any atom is -0.360 e. The number of rotatable bonds is 3. The Morgan fingerprint density at radius 3 is 2.94 bits per heavy atom. The highest BCUT2D eigenvalue weighted by Gasteiger charge is 2.02. The second kappa shape index (κ2) is 5.12. The summed E-state index contributed by atoms with van der Waals surface area (Å²) in [5.41, 5.74) is 4.97. The van der Waals surface area contributed by atoms with E-state index in [1.165, 1.54) is 0 Å². The molecule has 2 aromatic rings. The largest absolute Gasteiger partial charge is 0.360 e. The van der Waals surface area contributed by atoms with Gasteiger partial charge in [-0.3, -0.25) is 4.79 Å². The van der Waals surface area contributed by atoms with Crippen LogP contribution in [0.2, 0.25) is 0 Å². The van der Waals surface area contributed by atoms with Crippen molar-refractivity contribution in [2.75, 3.05) is 0 Å². The van der Waals surface area contributed by atoms with Gasteiger partial charge in [-0.15, -0.1) is 0 Å². The number of nitrogens with zero attached hydrogens (tertiary/aromatic N) is 1. The first-order valence-electron chi connectivity index (χ1n) is 5.29. The van der Waals surface area contributed by atoms with E-state index >= 15 is 0 Å². The fourth-order valence-electron chi connectivity index (χ4n) is 1.44. The summed E-state index contributed by atoms with van der Waals surface area (Å²) in [6.45, 7) is 1.94. The monoisotopic (exact) mass is 227 g/mol. The van der Waals surface area contributed by atoms with Crippen molar-refractivity contribution in [2.45, 2.75) is 6.92 Å². The summed E-state index contributed by atoms with van der Waals surface area (Å²) in [5.74, 6) is -0.212. The van der Waals surface area contributed by atoms with Gasteiger partial charge in [0.05, 0.1) is 11.9 Å². The molecule has 0 aliphatic heterocycles. The molecule has 2 rings (SSSR count). The minimum atomic E-state index is -0.212. The van der Waals surface area contributed by atoms with Crippen molar-refractivity contribution in [3.8, 4) is 0 Å². The highest BCUT2D eigenvalue weighted by atomic mass is 16.2. The standard InChI is InChI=1S/C13H13N3O/c1-10-4-2-5-11(8-10)13(17)16-15-9-12-6-3-7-14-12/h2-9,14H,1H3,(H,16,17)/b15-9+. The lowest BCUT2D eigenvalue weighted by Crippen LogP contribution is -2.17. The summed E-state index contributed by atoms with van der Waals surface area (Å²) in [6.07, 6.45) is 3.36. The van der Waals surface area contributed by atoms with E-state index in [0.717, 1.165) is 11.3 Å². The lowest BCUT2D eigenvalue weighted by atomic mass is 10.1. The van der Waals surface area contributed by atoms with E-state index in [0.29, 0.717) is 5.56 Å². The zero-order valence-corrected chi connectivity index (χ0v) is 9.47. The van der Waals surface area contributed by atoms with Crippen LogP contribution in [0.15, 0.2) is 47.7 Å². The fourth-order valence-corrected chi connectivity index (χ4v) is 1.44. The molecule has 0 atom stereocenters. The Bertz CT molecular complexity index is 529. The zero-order chi connectivity index (χ0) is 12.1. The van der Waals surface area contributed by atoms with Gasteiger partial charge < -0.3 is 4.98 Å². The predicted molar refractivity (Wildman–Crippen MR) is 67.0 cm³/mol. The molecule has 0 unspecified atom stereocenters. The number of aryl methyl sites for hydroxylation is 1. The van der Waals surface area contributed by atoms with Crippen LogP contribution in [0.25, 0.3) is 0 Å². The number of aromatic nitrogens is 1. The molecule has 17 heavy (non-hydrogen) atoms. The molecule has 0 saturated carbocycles. The van der Waals surface area contributed by atoms with Crippen LogP contribution in [0, 0.1) is 6.92 Å². The third-order valence-electron chi connectivity index (χ3n) is 2.27. The maximum absolute atomic E-state index is 11.7. The molecule has 1 aromatic carbocycles.